The van der Waals surface area contributed by atoms with E-state index >= 15 is 0 Å². The Kier molecular flexibility index (Phi) is 4.90. The summed E-state index contributed by atoms with van der Waals surface area (Å²) in [6, 6.07) is 0.720. The molecule has 0 amide bonds. The van der Waals surface area contributed by atoms with Gasteiger partial charge in [-0.25, -0.2) is 10.8 Å². The van der Waals surface area contributed by atoms with Crippen LogP contribution in [-0.4, -0.2) is 27.5 Å². The standard InChI is InChI=1S/C13H23N5/c1-2-18(12-6-4-3-5-7-12)10-11-8-16-13(17-14)9-15-11/h8-9,12H,2-7,10,14H2,1H3,(H,16,17). The van der Waals surface area contributed by atoms with E-state index in [1.807, 2.05) is 0 Å². The number of hydrogen-bond donors (Lipinski definition) is 2. The molecule has 100 valence electrons. The van der Waals surface area contributed by atoms with Gasteiger partial charge in [0.2, 0.25) is 0 Å². The normalized spacial score (nSPS) is 17.1. The number of hydrogen-bond acceptors (Lipinski definition) is 5. The van der Waals surface area contributed by atoms with Crippen molar-refractivity contribution >= 4 is 5.82 Å². The summed E-state index contributed by atoms with van der Waals surface area (Å²) in [6.45, 7) is 4.18. The Morgan fingerprint density at radius 2 is 2.06 bits per heavy atom. The second-order valence-corrected chi connectivity index (χ2v) is 4.89. The third-order valence-electron chi connectivity index (χ3n) is 3.72. The Morgan fingerprint density at radius 3 is 2.61 bits per heavy atom. The lowest BCUT2D eigenvalue weighted by Gasteiger charge is -2.33. The van der Waals surface area contributed by atoms with Crippen LogP contribution >= 0.6 is 0 Å². The zero-order chi connectivity index (χ0) is 12.8. The summed E-state index contributed by atoms with van der Waals surface area (Å²) in [5.41, 5.74) is 3.51. The Labute approximate surface area is 109 Å². The second kappa shape index (κ2) is 6.66. The van der Waals surface area contributed by atoms with E-state index < -0.39 is 0 Å². The van der Waals surface area contributed by atoms with E-state index in [4.69, 9.17) is 5.84 Å². The molecule has 0 saturated heterocycles. The Morgan fingerprint density at radius 1 is 1.28 bits per heavy atom. The summed E-state index contributed by atoms with van der Waals surface area (Å²) >= 11 is 0. The van der Waals surface area contributed by atoms with Gasteiger partial charge >= 0.3 is 0 Å². The lowest BCUT2D eigenvalue weighted by molar-refractivity contribution is 0.154. The predicted molar refractivity (Wildman–Crippen MR) is 72.8 cm³/mol. The largest absolute Gasteiger partial charge is 0.307 e. The fourth-order valence-electron chi connectivity index (χ4n) is 2.66. The van der Waals surface area contributed by atoms with Crippen molar-refractivity contribution in [3.05, 3.63) is 18.1 Å². The molecule has 3 N–H and O–H groups in total. The summed E-state index contributed by atoms with van der Waals surface area (Å²) in [6.07, 6.45) is 10.3. The number of nitrogens with one attached hydrogen (secondary N) is 1. The summed E-state index contributed by atoms with van der Waals surface area (Å²) in [7, 11) is 0. The van der Waals surface area contributed by atoms with Crippen molar-refractivity contribution in [3.63, 3.8) is 0 Å². The molecule has 1 fully saturated rings. The maximum Gasteiger partial charge on any atom is 0.158 e. The molecule has 1 heterocycles. The van der Waals surface area contributed by atoms with Crippen LogP contribution in [0.4, 0.5) is 5.82 Å². The molecule has 5 nitrogen and oxygen atoms in total. The summed E-state index contributed by atoms with van der Waals surface area (Å²) in [5.74, 6) is 5.89. The molecular weight excluding hydrogens is 226 g/mol. The van der Waals surface area contributed by atoms with Crippen LogP contribution in [0, 0.1) is 0 Å². The van der Waals surface area contributed by atoms with E-state index in [9.17, 15) is 0 Å². The number of hydrazine groups is 1. The van der Waals surface area contributed by atoms with E-state index in [-0.39, 0.29) is 0 Å². The number of aromatic nitrogens is 2. The first-order valence-corrected chi connectivity index (χ1v) is 6.85. The van der Waals surface area contributed by atoms with Crippen LogP contribution < -0.4 is 11.3 Å². The van der Waals surface area contributed by atoms with Crippen molar-refractivity contribution in [1.29, 1.82) is 0 Å². The van der Waals surface area contributed by atoms with Gasteiger partial charge in [0.25, 0.3) is 0 Å². The molecule has 5 heteroatoms. The quantitative estimate of drug-likeness (QED) is 0.616. The van der Waals surface area contributed by atoms with E-state index in [1.165, 1.54) is 32.1 Å². The first kappa shape index (κ1) is 13.2. The number of nitrogens with zero attached hydrogens (tertiary/aromatic N) is 3. The number of anilines is 1. The van der Waals surface area contributed by atoms with Crippen LogP contribution in [0.1, 0.15) is 44.7 Å². The third kappa shape index (κ3) is 3.40. The van der Waals surface area contributed by atoms with Gasteiger partial charge in [0, 0.05) is 12.6 Å². The number of rotatable bonds is 5. The van der Waals surface area contributed by atoms with Crippen LogP contribution in [0.5, 0.6) is 0 Å². The monoisotopic (exact) mass is 249 g/mol. The SMILES string of the molecule is CCN(Cc1cnc(NN)cn1)C1CCCCC1. The van der Waals surface area contributed by atoms with E-state index in [1.54, 1.807) is 12.4 Å². The Bertz CT molecular complexity index is 345. The minimum absolute atomic E-state index is 0.611. The number of nitrogen functional groups attached to an aromatic ring is 1. The van der Waals surface area contributed by atoms with Crippen LogP contribution in [0.3, 0.4) is 0 Å². The maximum absolute atomic E-state index is 5.28. The minimum atomic E-state index is 0.611. The van der Waals surface area contributed by atoms with Crippen molar-refractivity contribution in [2.45, 2.75) is 51.6 Å². The minimum Gasteiger partial charge on any atom is -0.307 e. The molecule has 0 spiro atoms. The Balaban J connectivity index is 1.95. The summed E-state index contributed by atoms with van der Waals surface area (Å²) in [5, 5.41) is 0. The molecule has 1 saturated carbocycles. The molecule has 1 aliphatic carbocycles. The lowest BCUT2D eigenvalue weighted by atomic mass is 9.94. The molecule has 0 radical (unpaired) electrons. The van der Waals surface area contributed by atoms with Crippen LogP contribution in [0.15, 0.2) is 12.4 Å². The topological polar surface area (TPSA) is 67.1 Å². The van der Waals surface area contributed by atoms with Crippen molar-refractivity contribution in [3.8, 4) is 0 Å². The van der Waals surface area contributed by atoms with Gasteiger partial charge in [-0.1, -0.05) is 26.2 Å². The fourth-order valence-corrected chi connectivity index (χ4v) is 2.66. The molecule has 18 heavy (non-hydrogen) atoms. The van der Waals surface area contributed by atoms with Gasteiger partial charge in [-0.15, -0.1) is 0 Å². The van der Waals surface area contributed by atoms with Crippen LogP contribution in [0.25, 0.3) is 0 Å². The molecule has 0 aromatic carbocycles. The zero-order valence-electron chi connectivity index (χ0n) is 11.1. The van der Waals surface area contributed by atoms with E-state index in [0.29, 0.717) is 5.82 Å². The summed E-state index contributed by atoms with van der Waals surface area (Å²) < 4.78 is 0. The highest BCUT2D eigenvalue weighted by Gasteiger charge is 2.20. The summed E-state index contributed by atoms with van der Waals surface area (Å²) in [4.78, 5) is 11.1. The third-order valence-corrected chi connectivity index (χ3v) is 3.72. The molecule has 0 bridgehead atoms. The number of nitrogens with two attached hydrogens (primary N) is 1. The Hall–Kier alpha value is -1.20. The van der Waals surface area contributed by atoms with Gasteiger partial charge in [0.1, 0.15) is 0 Å². The first-order valence-electron chi connectivity index (χ1n) is 6.85. The maximum atomic E-state index is 5.28. The molecule has 1 aromatic rings. The van der Waals surface area contributed by atoms with Gasteiger partial charge < -0.3 is 5.43 Å². The predicted octanol–water partition coefficient (Wildman–Crippen LogP) is 1.92. The molecule has 1 aromatic heterocycles. The van der Waals surface area contributed by atoms with E-state index in [2.05, 4.69) is 27.2 Å². The molecule has 2 rings (SSSR count). The zero-order valence-corrected chi connectivity index (χ0v) is 11.1. The molecule has 1 aliphatic rings. The van der Waals surface area contributed by atoms with Gasteiger partial charge in [-0.2, -0.15) is 0 Å². The average Bonchev–Trinajstić information content (AvgIpc) is 2.46. The van der Waals surface area contributed by atoms with Crippen molar-refractivity contribution in [1.82, 2.24) is 14.9 Å². The lowest BCUT2D eigenvalue weighted by Crippen LogP contribution is -2.36. The fraction of sp³-hybridized carbons (Fsp3) is 0.692. The van der Waals surface area contributed by atoms with Gasteiger partial charge in [0.15, 0.2) is 5.82 Å². The molecule has 0 aliphatic heterocycles. The van der Waals surface area contributed by atoms with E-state index in [0.717, 1.165) is 24.8 Å². The second-order valence-electron chi connectivity index (χ2n) is 4.89. The van der Waals surface area contributed by atoms with Crippen LogP contribution in [0.2, 0.25) is 0 Å². The highest BCUT2D eigenvalue weighted by molar-refractivity contribution is 5.28. The smallest absolute Gasteiger partial charge is 0.158 e. The highest BCUT2D eigenvalue weighted by atomic mass is 15.3. The molecule has 0 unspecified atom stereocenters. The van der Waals surface area contributed by atoms with Gasteiger partial charge in [-0.3, -0.25) is 9.88 Å². The van der Waals surface area contributed by atoms with Crippen LogP contribution in [-0.2, 0) is 6.54 Å². The van der Waals surface area contributed by atoms with Crippen molar-refractivity contribution < 1.29 is 0 Å². The van der Waals surface area contributed by atoms with Gasteiger partial charge in [0.05, 0.1) is 18.1 Å². The molecule has 0 atom stereocenters. The molecular formula is C13H23N5. The van der Waals surface area contributed by atoms with Gasteiger partial charge in [-0.05, 0) is 19.4 Å². The van der Waals surface area contributed by atoms with Crippen molar-refractivity contribution in [2.75, 3.05) is 12.0 Å². The average molecular weight is 249 g/mol. The highest BCUT2D eigenvalue weighted by Crippen LogP contribution is 2.23. The first-order chi connectivity index (χ1) is 8.83. The van der Waals surface area contributed by atoms with Crippen molar-refractivity contribution in [2.24, 2.45) is 5.84 Å².